The first-order chi connectivity index (χ1) is 7.83. The Hall–Kier alpha value is -0.660. The molecule has 2 aromatic carbocycles. The van der Waals surface area contributed by atoms with Crippen molar-refractivity contribution in [2.45, 2.75) is 24.7 Å². The van der Waals surface area contributed by atoms with E-state index in [9.17, 15) is 0 Å². The molecule has 2 rings (SSSR count). The van der Waals surface area contributed by atoms with Gasteiger partial charge < -0.3 is 0 Å². The summed E-state index contributed by atoms with van der Waals surface area (Å²) >= 11 is 8.11. The number of rotatable bonds is 4. The van der Waals surface area contributed by atoms with E-state index in [1.54, 1.807) is 0 Å². The first-order valence-electron chi connectivity index (χ1n) is 5.63. The van der Waals surface area contributed by atoms with Crippen LogP contribution in [0.1, 0.15) is 19.8 Å². The first kappa shape index (κ1) is 11.8. The third-order valence-corrected chi connectivity index (χ3v) is 4.08. The lowest BCUT2D eigenvalue weighted by molar-refractivity contribution is 0.896. The van der Waals surface area contributed by atoms with E-state index < -0.39 is 0 Å². The molecule has 0 aliphatic heterocycles. The first-order valence-corrected chi connectivity index (χ1v) is 6.99. The molecule has 0 saturated heterocycles. The lowest BCUT2D eigenvalue weighted by Crippen LogP contribution is -1.82. The van der Waals surface area contributed by atoms with Crippen molar-refractivity contribution in [2.75, 3.05) is 5.75 Å². The Morgan fingerprint density at radius 2 is 1.81 bits per heavy atom. The molecule has 0 bridgehead atoms. The molecule has 0 N–H and O–H groups in total. The minimum atomic E-state index is 0.843. The van der Waals surface area contributed by atoms with Gasteiger partial charge in [-0.15, -0.1) is 11.8 Å². The molecule has 0 saturated carbocycles. The fourth-order valence-electron chi connectivity index (χ4n) is 1.69. The van der Waals surface area contributed by atoms with Crippen molar-refractivity contribution < 1.29 is 0 Å². The maximum Gasteiger partial charge on any atom is 0.0485 e. The minimum absolute atomic E-state index is 0.843. The fourth-order valence-corrected chi connectivity index (χ4v) is 3.07. The summed E-state index contributed by atoms with van der Waals surface area (Å²) in [5, 5.41) is 3.28. The molecule has 16 heavy (non-hydrogen) atoms. The van der Waals surface area contributed by atoms with E-state index in [2.05, 4.69) is 31.2 Å². The highest BCUT2D eigenvalue weighted by Crippen LogP contribution is 2.32. The Bertz CT molecular complexity index is 479. The normalized spacial score (nSPS) is 10.9. The van der Waals surface area contributed by atoms with Crippen molar-refractivity contribution in [1.29, 1.82) is 0 Å². The smallest absolute Gasteiger partial charge is 0.0485 e. The van der Waals surface area contributed by atoms with Gasteiger partial charge in [0.05, 0.1) is 0 Å². The van der Waals surface area contributed by atoms with Crippen molar-refractivity contribution >= 4 is 34.1 Å². The van der Waals surface area contributed by atoms with Crippen molar-refractivity contribution in [1.82, 2.24) is 0 Å². The molecule has 2 heteroatoms. The molecular weight excluding hydrogens is 236 g/mol. The van der Waals surface area contributed by atoms with Crippen LogP contribution in [0.25, 0.3) is 10.8 Å². The Morgan fingerprint density at radius 1 is 1.06 bits per heavy atom. The minimum Gasteiger partial charge on any atom is -0.126 e. The van der Waals surface area contributed by atoms with Crippen molar-refractivity contribution in [3.05, 3.63) is 41.4 Å². The second kappa shape index (κ2) is 5.60. The summed E-state index contributed by atoms with van der Waals surface area (Å²) in [6.45, 7) is 2.22. The molecule has 0 aromatic heterocycles. The molecule has 0 unspecified atom stereocenters. The predicted octanol–water partition coefficient (Wildman–Crippen LogP) is 5.39. The van der Waals surface area contributed by atoms with Gasteiger partial charge in [0, 0.05) is 15.3 Å². The number of unbranched alkanes of at least 4 members (excludes halogenated alkanes) is 1. The summed E-state index contributed by atoms with van der Waals surface area (Å²) in [7, 11) is 0. The maximum absolute atomic E-state index is 6.18. The van der Waals surface area contributed by atoms with Crippen LogP contribution >= 0.6 is 23.4 Å². The molecule has 0 spiro atoms. The average Bonchev–Trinajstić information content (AvgIpc) is 2.33. The van der Waals surface area contributed by atoms with E-state index in [1.165, 1.54) is 28.9 Å². The number of thioether (sulfide) groups is 1. The summed E-state index contributed by atoms with van der Waals surface area (Å²) in [4.78, 5) is 1.34. The van der Waals surface area contributed by atoms with E-state index in [-0.39, 0.29) is 0 Å². The maximum atomic E-state index is 6.18. The van der Waals surface area contributed by atoms with Crippen LogP contribution in [-0.2, 0) is 0 Å². The predicted molar refractivity (Wildman–Crippen MR) is 74.6 cm³/mol. The van der Waals surface area contributed by atoms with Crippen LogP contribution in [0.5, 0.6) is 0 Å². The number of benzene rings is 2. The molecule has 0 fully saturated rings. The Kier molecular flexibility index (Phi) is 4.14. The van der Waals surface area contributed by atoms with E-state index in [0.29, 0.717) is 0 Å². The van der Waals surface area contributed by atoms with Gasteiger partial charge >= 0.3 is 0 Å². The molecule has 0 radical (unpaired) electrons. The van der Waals surface area contributed by atoms with E-state index in [0.717, 1.165) is 10.4 Å². The van der Waals surface area contributed by atoms with Crippen molar-refractivity contribution in [2.24, 2.45) is 0 Å². The molecule has 2 aromatic rings. The second-order valence-electron chi connectivity index (χ2n) is 3.79. The fraction of sp³-hybridized carbons (Fsp3) is 0.286. The molecule has 84 valence electrons. The van der Waals surface area contributed by atoms with Gasteiger partial charge in [-0.3, -0.25) is 0 Å². The third kappa shape index (κ3) is 2.53. The number of halogens is 1. The van der Waals surface area contributed by atoms with Gasteiger partial charge in [0.1, 0.15) is 0 Å². The van der Waals surface area contributed by atoms with Gasteiger partial charge in [0.25, 0.3) is 0 Å². The molecular formula is C14H15ClS. The summed E-state index contributed by atoms with van der Waals surface area (Å²) in [5.74, 6) is 1.18. The Morgan fingerprint density at radius 3 is 2.56 bits per heavy atom. The van der Waals surface area contributed by atoms with Crippen LogP contribution in [0.2, 0.25) is 5.02 Å². The summed E-state index contributed by atoms with van der Waals surface area (Å²) in [5.41, 5.74) is 0. The van der Waals surface area contributed by atoms with Crippen LogP contribution in [0.4, 0.5) is 0 Å². The van der Waals surface area contributed by atoms with Crippen LogP contribution in [-0.4, -0.2) is 5.75 Å². The highest BCUT2D eigenvalue weighted by atomic mass is 35.5. The molecule has 0 nitrogen and oxygen atoms in total. The van der Waals surface area contributed by atoms with Crippen LogP contribution in [0.15, 0.2) is 41.3 Å². The van der Waals surface area contributed by atoms with Crippen molar-refractivity contribution in [3.63, 3.8) is 0 Å². The SMILES string of the molecule is CCCCSc1ccc(Cl)c2ccccc12. The van der Waals surface area contributed by atoms with E-state index in [4.69, 9.17) is 11.6 Å². The Labute approximate surface area is 106 Å². The lowest BCUT2D eigenvalue weighted by atomic mass is 10.1. The van der Waals surface area contributed by atoms with Crippen molar-refractivity contribution in [3.8, 4) is 0 Å². The highest BCUT2D eigenvalue weighted by molar-refractivity contribution is 7.99. The molecule has 0 amide bonds. The molecule has 0 atom stereocenters. The van der Waals surface area contributed by atoms with Gasteiger partial charge in [-0.1, -0.05) is 49.2 Å². The van der Waals surface area contributed by atoms with E-state index >= 15 is 0 Å². The highest BCUT2D eigenvalue weighted by Gasteiger charge is 2.03. The zero-order valence-corrected chi connectivity index (χ0v) is 10.9. The largest absolute Gasteiger partial charge is 0.126 e. The van der Waals surface area contributed by atoms with Gasteiger partial charge in [-0.2, -0.15) is 0 Å². The molecule has 0 heterocycles. The number of hydrogen-bond donors (Lipinski definition) is 0. The number of fused-ring (bicyclic) bond motifs is 1. The van der Waals surface area contributed by atoms with Gasteiger partial charge in [0.2, 0.25) is 0 Å². The summed E-state index contributed by atoms with van der Waals surface area (Å²) in [6, 6.07) is 12.5. The van der Waals surface area contributed by atoms with Crippen LogP contribution in [0, 0.1) is 0 Å². The molecule has 0 aliphatic rings. The van der Waals surface area contributed by atoms with Gasteiger partial charge in [0.15, 0.2) is 0 Å². The number of hydrogen-bond acceptors (Lipinski definition) is 1. The van der Waals surface area contributed by atoms with Gasteiger partial charge in [-0.25, -0.2) is 0 Å². The van der Waals surface area contributed by atoms with Gasteiger partial charge in [-0.05, 0) is 29.7 Å². The second-order valence-corrected chi connectivity index (χ2v) is 5.34. The van der Waals surface area contributed by atoms with Crippen LogP contribution < -0.4 is 0 Å². The lowest BCUT2D eigenvalue weighted by Gasteiger charge is -2.07. The monoisotopic (exact) mass is 250 g/mol. The Balaban J connectivity index is 2.35. The standard InChI is InChI=1S/C14H15ClS/c1-2-3-10-16-14-9-8-13(15)11-6-4-5-7-12(11)14/h4-9H,2-3,10H2,1H3. The zero-order chi connectivity index (χ0) is 11.4. The topological polar surface area (TPSA) is 0 Å². The quantitative estimate of drug-likeness (QED) is 0.518. The average molecular weight is 251 g/mol. The van der Waals surface area contributed by atoms with E-state index in [1.807, 2.05) is 23.9 Å². The third-order valence-electron chi connectivity index (χ3n) is 2.59. The zero-order valence-electron chi connectivity index (χ0n) is 9.37. The summed E-state index contributed by atoms with van der Waals surface area (Å²) in [6.07, 6.45) is 2.51. The summed E-state index contributed by atoms with van der Waals surface area (Å²) < 4.78 is 0. The van der Waals surface area contributed by atoms with Crippen LogP contribution in [0.3, 0.4) is 0 Å². The molecule has 0 aliphatic carbocycles.